The maximum atomic E-state index is 13.7. The van der Waals surface area contributed by atoms with Crippen molar-refractivity contribution in [3.63, 3.8) is 0 Å². The van der Waals surface area contributed by atoms with Crippen LogP contribution in [-0.2, 0) is 14.3 Å². The average Bonchev–Trinajstić information content (AvgIpc) is 3.26. The Hall–Kier alpha value is -3.81. The number of allylic oxidation sites excluding steroid dienone is 2. The number of carbonyl (C=O) groups is 2. The molecule has 2 heterocycles. The Bertz CT molecular complexity index is 1280. The molecule has 182 valence electrons. The topological polar surface area (TPSA) is 91.1 Å². The van der Waals surface area contributed by atoms with Gasteiger partial charge in [-0.3, -0.25) is 9.69 Å². The second kappa shape index (κ2) is 8.45. The Kier molecular flexibility index (Phi) is 5.54. The third-order valence-corrected chi connectivity index (χ3v) is 6.57. The molecule has 3 aliphatic rings. The number of hydrogen-bond acceptors (Lipinski definition) is 7. The molecule has 2 aromatic carbocycles. The van der Waals surface area contributed by atoms with E-state index in [1.807, 2.05) is 19.9 Å². The molecule has 2 N–H and O–H groups in total. The lowest BCUT2D eigenvalue weighted by atomic mass is 9.68. The number of ketones is 1. The predicted octanol–water partition coefficient (Wildman–Crippen LogP) is 4.53. The summed E-state index contributed by atoms with van der Waals surface area (Å²) in [6.45, 7) is 6.00. The molecule has 1 atom stereocenters. The van der Waals surface area contributed by atoms with Crippen LogP contribution >= 0.6 is 0 Å². The summed E-state index contributed by atoms with van der Waals surface area (Å²) in [5, 5.41) is 0. The molecule has 0 bridgehead atoms. The number of carbonyl (C=O) groups excluding carboxylic acids is 2. The van der Waals surface area contributed by atoms with Crippen LogP contribution in [0.1, 0.15) is 45.1 Å². The Balaban J connectivity index is 1.77. The van der Waals surface area contributed by atoms with E-state index in [9.17, 15) is 14.0 Å². The second-order valence-electron chi connectivity index (χ2n) is 9.68. The monoisotopic (exact) mass is 478 g/mol. The lowest BCUT2D eigenvalue weighted by Crippen LogP contribution is -2.43. The number of rotatable bonds is 4. The van der Waals surface area contributed by atoms with Gasteiger partial charge in [0.1, 0.15) is 11.6 Å². The smallest absolute Gasteiger partial charge is 0.338 e. The van der Waals surface area contributed by atoms with Crippen molar-refractivity contribution in [3.8, 4) is 11.5 Å². The van der Waals surface area contributed by atoms with E-state index in [2.05, 4.69) is 0 Å². The molecule has 0 saturated carbocycles. The number of anilines is 1. The molecule has 8 heteroatoms. The molecule has 7 nitrogen and oxygen atoms in total. The summed E-state index contributed by atoms with van der Waals surface area (Å²) >= 11 is 0. The molecule has 2 aliphatic heterocycles. The number of nitrogens with two attached hydrogens (primary N) is 1. The van der Waals surface area contributed by atoms with Gasteiger partial charge in [0.25, 0.3) is 0 Å². The Morgan fingerprint density at radius 2 is 1.86 bits per heavy atom. The number of benzene rings is 2. The van der Waals surface area contributed by atoms with Gasteiger partial charge in [0.05, 0.1) is 18.1 Å². The number of ether oxygens (including phenoxy) is 3. The molecular formula is C27H27FN2O5. The quantitative estimate of drug-likeness (QED) is 0.646. The lowest BCUT2D eigenvalue weighted by molar-refractivity contribution is -0.138. The molecule has 0 saturated heterocycles. The number of nitrogens with zero attached hydrogens (tertiary/aromatic N) is 1. The molecule has 35 heavy (non-hydrogen) atoms. The van der Waals surface area contributed by atoms with Gasteiger partial charge in [-0.15, -0.1) is 0 Å². The largest absolute Gasteiger partial charge is 0.463 e. The van der Waals surface area contributed by atoms with Gasteiger partial charge >= 0.3 is 5.97 Å². The summed E-state index contributed by atoms with van der Waals surface area (Å²) in [5.41, 5.74) is 8.99. The molecule has 0 amide bonds. The molecule has 1 aliphatic carbocycles. The van der Waals surface area contributed by atoms with Crippen molar-refractivity contribution >= 4 is 17.4 Å². The van der Waals surface area contributed by atoms with E-state index >= 15 is 0 Å². The van der Waals surface area contributed by atoms with E-state index in [4.69, 9.17) is 19.9 Å². The van der Waals surface area contributed by atoms with Crippen LogP contribution in [0.4, 0.5) is 10.1 Å². The fourth-order valence-corrected chi connectivity index (χ4v) is 5.13. The molecule has 5 rings (SSSR count). The van der Waals surface area contributed by atoms with Crippen LogP contribution in [0.5, 0.6) is 11.5 Å². The normalized spacial score (nSPS) is 20.7. The van der Waals surface area contributed by atoms with Gasteiger partial charge in [0.15, 0.2) is 17.3 Å². The van der Waals surface area contributed by atoms with Crippen molar-refractivity contribution < 1.29 is 28.2 Å². The van der Waals surface area contributed by atoms with Crippen LogP contribution < -0.4 is 20.1 Å². The molecular weight excluding hydrogens is 451 g/mol. The Morgan fingerprint density at radius 3 is 2.57 bits per heavy atom. The van der Waals surface area contributed by atoms with Gasteiger partial charge in [-0.1, -0.05) is 19.9 Å². The highest BCUT2D eigenvalue weighted by molar-refractivity contribution is 6.05. The number of Topliss-reactive ketones (excluding diaryl/α,β-unsaturated/α-hetero) is 1. The van der Waals surface area contributed by atoms with Crippen molar-refractivity contribution in [2.75, 3.05) is 18.3 Å². The van der Waals surface area contributed by atoms with Crippen molar-refractivity contribution in [1.82, 2.24) is 0 Å². The van der Waals surface area contributed by atoms with Crippen LogP contribution in [0, 0.1) is 11.2 Å². The van der Waals surface area contributed by atoms with E-state index in [1.54, 1.807) is 36.1 Å². The maximum absolute atomic E-state index is 13.7. The third-order valence-electron chi connectivity index (χ3n) is 6.57. The van der Waals surface area contributed by atoms with E-state index in [-0.39, 0.29) is 36.0 Å². The first kappa shape index (κ1) is 23.0. The van der Waals surface area contributed by atoms with Gasteiger partial charge in [-0.25, -0.2) is 9.18 Å². The predicted molar refractivity (Wildman–Crippen MR) is 127 cm³/mol. The molecule has 0 fully saturated rings. The standard InChI is InChI=1S/C27H27FN2O5/c1-4-33-26(32)24-22(15-5-10-20-21(11-15)35-14-34-20)23-18(12-27(2,3)13-19(23)31)30(25(24)29)17-8-6-16(28)7-9-17/h5-11,22H,4,12-14,29H2,1-3H3. The number of halogens is 1. The fraction of sp³-hybridized carbons (Fsp3) is 0.333. The highest BCUT2D eigenvalue weighted by Crippen LogP contribution is 2.51. The second-order valence-corrected chi connectivity index (χ2v) is 9.68. The molecule has 0 radical (unpaired) electrons. The minimum atomic E-state index is -0.737. The maximum Gasteiger partial charge on any atom is 0.338 e. The summed E-state index contributed by atoms with van der Waals surface area (Å²) in [4.78, 5) is 28.7. The summed E-state index contributed by atoms with van der Waals surface area (Å²) in [6.07, 6.45) is 0.865. The van der Waals surface area contributed by atoms with Crippen LogP contribution in [0.3, 0.4) is 0 Å². The number of fused-ring (bicyclic) bond motifs is 1. The molecule has 0 aromatic heterocycles. The minimum absolute atomic E-state index is 0.0691. The van der Waals surface area contributed by atoms with Gasteiger partial charge in [-0.2, -0.15) is 0 Å². The summed E-state index contributed by atoms with van der Waals surface area (Å²) in [7, 11) is 0. The Labute approximate surface area is 202 Å². The van der Waals surface area contributed by atoms with Gasteiger partial charge < -0.3 is 19.9 Å². The van der Waals surface area contributed by atoms with Gasteiger partial charge in [0.2, 0.25) is 6.79 Å². The first-order valence-corrected chi connectivity index (χ1v) is 11.6. The van der Waals surface area contributed by atoms with Crippen LogP contribution in [0.2, 0.25) is 0 Å². The minimum Gasteiger partial charge on any atom is -0.463 e. The highest BCUT2D eigenvalue weighted by atomic mass is 19.1. The van der Waals surface area contributed by atoms with Crippen LogP contribution in [0.25, 0.3) is 0 Å². The zero-order valence-corrected chi connectivity index (χ0v) is 19.9. The van der Waals surface area contributed by atoms with Crippen molar-refractivity contribution in [2.45, 2.75) is 39.5 Å². The van der Waals surface area contributed by atoms with Gasteiger partial charge in [0, 0.05) is 23.4 Å². The van der Waals surface area contributed by atoms with Crippen molar-refractivity contribution in [1.29, 1.82) is 0 Å². The Morgan fingerprint density at radius 1 is 1.14 bits per heavy atom. The highest BCUT2D eigenvalue weighted by Gasteiger charge is 2.46. The van der Waals surface area contributed by atoms with E-state index in [0.717, 1.165) is 0 Å². The SMILES string of the molecule is CCOC(=O)C1=C(N)N(c2ccc(F)cc2)C2=C(C(=O)CC(C)(C)C2)C1c1ccc2c(c1)OCO2. The third kappa shape index (κ3) is 3.92. The van der Waals surface area contributed by atoms with E-state index < -0.39 is 17.7 Å². The lowest BCUT2D eigenvalue weighted by Gasteiger charge is -2.44. The van der Waals surface area contributed by atoms with Crippen molar-refractivity contribution in [3.05, 3.63) is 76.5 Å². The van der Waals surface area contributed by atoms with Crippen LogP contribution in [-0.4, -0.2) is 25.2 Å². The van der Waals surface area contributed by atoms with E-state index in [0.29, 0.717) is 46.9 Å². The summed E-state index contributed by atoms with van der Waals surface area (Å²) in [6, 6.07) is 11.2. The zero-order valence-electron chi connectivity index (χ0n) is 19.9. The molecule has 0 spiro atoms. The number of hydrogen-bond donors (Lipinski definition) is 1. The van der Waals surface area contributed by atoms with E-state index in [1.165, 1.54) is 12.1 Å². The molecule has 1 unspecified atom stereocenters. The average molecular weight is 479 g/mol. The fourth-order valence-electron chi connectivity index (χ4n) is 5.13. The summed E-state index contributed by atoms with van der Waals surface area (Å²) < 4.78 is 30.2. The van der Waals surface area contributed by atoms with Crippen LogP contribution in [0.15, 0.2) is 65.1 Å². The summed E-state index contributed by atoms with van der Waals surface area (Å²) in [5.74, 6) is -0.523. The first-order chi connectivity index (χ1) is 16.7. The van der Waals surface area contributed by atoms with Gasteiger partial charge in [-0.05, 0) is 60.7 Å². The zero-order chi connectivity index (χ0) is 24.9. The number of esters is 1. The first-order valence-electron chi connectivity index (χ1n) is 11.6. The molecule has 2 aromatic rings. The van der Waals surface area contributed by atoms with Crippen molar-refractivity contribution in [2.24, 2.45) is 11.1 Å².